The molecule has 1 amide bonds. The summed E-state index contributed by atoms with van der Waals surface area (Å²) in [5.41, 5.74) is 1.85. The van der Waals surface area contributed by atoms with Crippen LogP contribution in [0.1, 0.15) is 11.1 Å². The molecule has 0 saturated heterocycles. The third kappa shape index (κ3) is 2.84. The van der Waals surface area contributed by atoms with Gasteiger partial charge in [-0.25, -0.2) is 0 Å². The maximum absolute atomic E-state index is 11.2. The SMILES string of the molecule is C=Cc1cc(CC(=O)NC)ccc1OC. The van der Waals surface area contributed by atoms with E-state index >= 15 is 0 Å². The normalized spacial score (nSPS) is 9.47. The van der Waals surface area contributed by atoms with Crippen molar-refractivity contribution in [1.29, 1.82) is 0 Å². The highest BCUT2D eigenvalue weighted by molar-refractivity contribution is 5.78. The first-order chi connectivity index (χ1) is 7.21. The minimum Gasteiger partial charge on any atom is -0.496 e. The van der Waals surface area contributed by atoms with Gasteiger partial charge in [-0.2, -0.15) is 0 Å². The van der Waals surface area contributed by atoms with Crippen molar-refractivity contribution < 1.29 is 9.53 Å². The average Bonchev–Trinajstić information content (AvgIpc) is 2.28. The lowest BCUT2D eigenvalue weighted by Gasteiger charge is -2.07. The summed E-state index contributed by atoms with van der Waals surface area (Å²) in [7, 11) is 3.24. The quantitative estimate of drug-likeness (QED) is 0.811. The molecule has 0 fully saturated rings. The number of carbonyl (C=O) groups is 1. The third-order valence-electron chi connectivity index (χ3n) is 2.16. The molecule has 0 aliphatic carbocycles. The first-order valence-corrected chi connectivity index (χ1v) is 4.71. The van der Waals surface area contributed by atoms with Crippen LogP contribution in [0.3, 0.4) is 0 Å². The number of amides is 1. The van der Waals surface area contributed by atoms with E-state index in [1.807, 2.05) is 18.2 Å². The van der Waals surface area contributed by atoms with Crippen LogP contribution >= 0.6 is 0 Å². The smallest absolute Gasteiger partial charge is 0.224 e. The second-order valence-corrected chi connectivity index (χ2v) is 3.13. The predicted molar refractivity (Wildman–Crippen MR) is 60.9 cm³/mol. The van der Waals surface area contributed by atoms with Crippen molar-refractivity contribution in [3.05, 3.63) is 35.9 Å². The molecule has 80 valence electrons. The minimum atomic E-state index is -0.00446. The Morgan fingerprint density at radius 2 is 2.33 bits per heavy atom. The topological polar surface area (TPSA) is 38.3 Å². The molecule has 0 saturated carbocycles. The highest BCUT2D eigenvalue weighted by Gasteiger charge is 2.04. The van der Waals surface area contributed by atoms with Crippen molar-refractivity contribution in [2.45, 2.75) is 6.42 Å². The molecule has 0 aliphatic rings. The molecule has 0 aromatic heterocycles. The molecule has 0 spiro atoms. The van der Waals surface area contributed by atoms with Crippen molar-refractivity contribution in [3.8, 4) is 5.75 Å². The van der Waals surface area contributed by atoms with E-state index in [0.29, 0.717) is 6.42 Å². The van der Waals surface area contributed by atoms with Gasteiger partial charge >= 0.3 is 0 Å². The Bertz CT molecular complexity index is 372. The van der Waals surface area contributed by atoms with Gasteiger partial charge in [0.1, 0.15) is 5.75 Å². The molecule has 1 rings (SSSR count). The van der Waals surface area contributed by atoms with Gasteiger partial charge in [-0.1, -0.05) is 18.7 Å². The van der Waals surface area contributed by atoms with Crippen molar-refractivity contribution in [1.82, 2.24) is 5.32 Å². The Morgan fingerprint density at radius 1 is 1.60 bits per heavy atom. The number of likely N-dealkylation sites (N-methyl/N-ethyl adjacent to an activating group) is 1. The van der Waals surface area contributed by atoms with Crippen LogP contribution in [0.25, 0.3) is 6.08 Å². The lowest BCUT2D eigenvalue weighted by Crippen LogP contribution is -2.19. The summed E-state index contributed by atoms with van der Waals surface area (Å²) in [6.45, 7) is 3.70. The molecule has 0 aliphatic heterocycles. The maximum Gasteiger partial charge on any atom is 0.224 e. The van der Waals surface area contributed by atoms with Gasteiger partial charge in [0.05, 0.1) is 13.5 Å². The molecule has 1 N–H and O–H groups in total. The van der Waals surface area contributed by atoms with Gasteiger partial charge in [0.15, 0.2) is 0 Å². The Balaban J connectivity index is 2.92. The summed E-state index contributed by atoms with van der Waals surface area (Å²) in [4.78, 5) is 11.2. The summed E-state index contributed by atoms with van der Waals surface area (Å²) in [6, 6.07) is 5.62. The van der Waals surface area contributed by atoms with Crippen LogP contribution in [0, 0.1) is 0 Å². The standard InChI is InChI=1S/C12H15NO2/c1-4-10-7-9(8-12(14)13-2)5-6-11(10)15-3/h4-7H,1,8H2,2-3H3,(H,13,14). The Morgan fingerprint density at radius 3 is 2.87 bits per heavy atom. The number of carbonyl (C=O) groups excluding carboxylic acids is 1. The van der Waals surface area contributed by atoms with Gasteiger partial charge in [0.2, 0.25) is 5.91 Å². The molecule has 0 heterocycles. The molecule has 1 aromatic carbocycles. The number of nitrogens with one attached hydrogen (secondary N) is 1. The molecule has 15 heavy (non-hydrogen) atoms. The van der Waals surface area contributed by atoms with Crippen LogP contribution in [0.15, 0.2) is 24.8 Å². The van der Waals surface area contributed by atoms with Gasteiger partial charge in [0, 0.05) is 12.6 Å². The third-order valence-corrected chi connectivity index (χ3v) is 2.16. The molecule has 3 nitrogen and oxygen atoms in total. The summed E-state index contributed by atoms with van der Waals surface area (Å²) in [5.74, 6) is 0.765. The first-order valence-electron chi connectivity index (χ1n) is 4.71. The Labute approximate surface area is 89.8 Å². The monoisotopic (exact) mass is 205 g/mol. The highest BCUT2D eigenvalue weighted by Crippen LogP contribution is 2.20. The Hall–Kier alpha value is -1.77. The molecule has 1 aromatic rings. The van der Waals surface area contributed by atoms with Crippen LogP contribution < -0.4 is 10.1 Å². The number of rotatable bonds is 4. The fourth-order valence-electron chi connectivity index (χ4n) is 1.33. The van der Waals surface area contributed by atoms with Gasteiger partial charge in [-0.15, -0.1) is 0 Å². The maximum atomic E-state index is 11.2. The summed E-state index contributed by atoms with van der Waals surface area (Å²) in [6.07, 6.45) is 2.09. The average molecular weight is 205 g/mol. The van der Waals surface area contributed by atoms with E-state index in [0.717, 1.165) is 16.9 Å². The minimum absolute atomic E-state index is 0.00446. The molecule has 0 atom stereocenters. The van der Waals surface area contributed by atoms with E-state index in [-0.39, 0.29) is 5.91 Å². The van der Waals surface area contributed by atoms with Crippen LogP contribution in [0.5, 0.6) is 5.75 Å². The van der Waals surface area contributed by atoms with E-state index < -0.39 is 0 Å². The van der Waals surface area contributed by atoms with Crippen molar-refractivity contribution in [2.24, 2.45) is 0 Å². The van der Waals surface area contributed by atoms with Crippen molar-refractivity contribution in [2.75, 3.05) is 14.2 Å². The number of hydrogen-bond donors (Lipinski definition) is 1. The predicted octanol–water partition coefficient (Wildman–Crippen LogP) is 1.63. The van der Waals surface area contributed by atoms with Crippen LogP contribution in [-0.4, -0.2) is 20.1 Å². The fourth-order valence-corrected chi connectivity index (χ4v) is 1.33. The largest absolute Gasteiger partial charge is 0.496 e. The van der Waals surface area contributed by atoms with Gasteiger partial charge in [-0.05, 0) is 17.7 Å². The van der Waals surface area contributed by atoms with Crippen molar-refractivity contribution in [3.63, 3.8) is 0 Å². The fraction of sp³-hybridized carbons (Fsp3) is 0.250. The highest BCUT2D eigenvalue weighted by atomic mass is 16.5. The van der Waals surface area contributed by atoms with E-state index in [4.69, 9.17) is 4.74 Å². The zero-order valence-corrected chi connectivity index (χ0v) is 9.04. The summed E-state index contributed by atoms with van der Waals surface area (Å²) < 4.78 is 5.15. The summed E-state index contributed by atoms with van der Waals surface area (Å²) >= 11 is 0. The first kappa shape index (κ1) is 11.3. The number of ether oxygens (including phenoxy) is 1. The number of hydrogen-bond acceptors (Lipinski definition) is 2. The summed E-state index contributed by atoms with van der Waals surface area (Å²) in [5, 5.41) is 2.58. The van der Waals surface area contributed by atoms with Gasteiger partial charge < -0.3 is 10.1 Å². The molecule has 0 radical (unpaired) electrons. The van der Waals surface area contributed by atoms with Crippen molar-refractivity contribution >= 4 is 12.0 Å². The molecule has 0 bridgehead atoms. The molecule has 0 unspecified atom stereocenters. The van der Waals surface area contributed by atoms with E-state index in [1.165, 1.54) is 0 Å². The Kier molecular flexibility index (Phi) is 3.92. The van der Waals surface area contributed by atoms with Gasteiger partial charge in [0.25, 0.3) is 0 Å². The van der Waals surface area contributed by atoms with E-state index in [2.05, 4.69) is 11.9 Å². The zero-order valence-electron chi connectivity index (χ0n) is 9.04. The second kappa shape index (κ2) is 5.20. The molecular weight excluding hydrogens is 190 g/mol. The van der Waals surface area contributed by atoms with Gasteiger partial charge in [-0.3, -0.25) is 4.79 Å². The lowest BCUT2D eigenvalue weighted by molar-refractivity contribution is -0.119. The van der Waals surface area contributed by atoms with Crippen LogP contribution in [0.2, 0.25) is 0 Å². The van der Waals surface area contributed by atoms with E-state index in [1.54, 1.807) is 20.2 Å². The molecule has 3 heteroatoms. The lowest BCUT2D eigenvalue weighted by atomic mass is 10.1. The zero-order chi connectivity index (χ0) is 11.3. The number of benzene rings is 1. The van der Waals surface area contributed by atoms with Crippen LogP contribution in [0.4, 0.5) is 0 Å². The van der Waals surface area contributed by atoms with Crippen LogP contribution in [-0.2, 0) is 11.2 Å². The molecular formula is C12H15NO2. The second-order valence-electron chi connectivity index (χ2n) is 3.13. The van der Waals surface area contributed by atoms with E-state index in [9.17, 15) is 4.79 Å². The number of methoxy groups -OCH3 is 1.